The van der Waals surface area contributed by atoms with Crippen molar-refractivity contribution in [3.05, 3.63) is 0 Å². The predicted octanol–water partition coefficient (Wildman–Crippen LogP) is 2.33. The Morgan fingerprint density at radius 1 is 1.31 bits per heavy atom. The molecule has 0 aromatic carbocycles. The predicted molar refractivity (Wildman–Crippen MR) is 71.8 cm³/mol. The molecule has 4 heteroatoms. The smallest absolute Gasteiger partial charge is 0.220 e. The highest BCUT2D eigenvalue weighted by Crippen LogP contribution is 2.14. The molecule has 0 saturated heterocycles. The third-order valence-corrected chi connectivity index (χ3v) is 2.15. The molecule has 0 aromatic rings. The minimum Gasteiger partial charge on any atom is -0.354 e. The monoisotopic (exact) mass is 250 g/mol. The SMILES string of the molecule is CC(C)CC(C)CC(=O)NCC(C)(C)N.Cl. The summed E-state index contributed by atoms with van der Waals surface area (Å²) in [6.45, 7) is 10.8. The standard InChI is InChI=1S/C12H26N2O.ClH/c1-9(2)6-10(3)7-11(15)14-8-12(4,5)13;/h9-10H,6-8,13H2,1-5H3,(H,14,15);1H. The van der Waals surface area contributed by atoms with Gasteiger partial charge >= 0.3 is 0 Å². The summed E-state index contributed by atoms with van der Waals surface area (Å²) in [6.07, 6.45) is 1.70. The van der Waals surface area contributed by atoms with E-state index in [1.165, 1.54) is 0 Å². The minimum absolute atomic E-state index is 0. The number of amides is 1. The van der Waals surface area contributed by atoms with Crippen molar-refractivity contribution in [1.82, 2.24) is 5.32 Å². The Bertz CT molecular complexity index is 200. The van der Waals surface area contributed by atoms with Crippen molar-refractivity contribution >= 4 is 18.3 Å². The second kappa shape index (κ2) is 7.91. The Hall–Kier alpha value is -0.280. The summed E-state index contributed by atoms with van der Waals surface area (Å²) in [5.74, 6) is 1.21. The van der Waals surface area contributed by atoms with E-state index < -0.39 is 0 Å². The van der Waals surface area contributed by atoms with Gasteiger partial charge in [-0.1, -0.05) is 20.8 Å². The summed E-state index contributed by atoms with van der Waals surface area (Å²) >= 11 is 0. The first kappa shape index (κ1) is 18.1. The van der Waals surface area contributed by atoms with E-state index in [1.54, 1.807) is 0 Å². The number of carbonyl (C=O) groups excluding carboxylic acids is 1. The molecule has 16 heavy (non-hydrogen) atoms. The van der Waals surface area contributed by atoms with E-state index in [0.717, 1.165) is 6.42 Å². The molecular formula is C12H27ClN2O. The average Bonchev–Trinajstić information content (AvgIpc) is 1.97. The Morgan fingerprint density at radius 2 is 1.81 bits per heavy atom. The van der Waals surface area contributed by atoms with Gasteiger partial charge in [0, 0.05) is 18.5 Å². The number of rotatable bonds is 6. The van der Waals surface area contributed by atoms with Crippen LogP contribution in [0.5, 0.6) is 0 Å². The van der Waals surface area contributed by atoms with Gasteiger partial charge in [-0.2, -0.15) is 0 Å². The van der Waals surface area contributed by atoms with Crippen LogP contribution < -0.4 is 11.1 Å². The zero-order chi connectivity index (χ0) is 12.1. The molecule has 0 saturated carbocycles. The lowest BCUT2D eigenvalue weighted by Crippen LogP contribution is -2.45. The number of hydrogen-bond acceptors (Lipinski definition) is 2. The van der Waals surface area contributed by atoms with Crippen LogP contribution in [0.3, 0.4) is 0 Å². The van der Waals surface area contributed by atoms with Gasteiger partial charge in [0.25, 0.3) is 0 Å². The molecule has 0 aliphatic rings. The third-order valence-electron chi connectivity index (χ3n) is 2.15. The quantitative estimate of drug-likeness (QED) is 0.760. The summed E-state index contributed by atoms with van der Waals surface area (Å²) in [5, 5.41) is 2.86. The topological polar surface area (TPSA) is 55.1 Å². The number of halogens is 1. The van der Waals surface area contributed by atoms with Gasteiger partial charge in [-0.3, -0.25) is 4.79 Å². The summed E-state index contributed by atoms with van der Waals surface area (Å²) in [5.41, 5.74) is 5.46. The van der Waals surface area contributed by atoms with Gasteiger partial charge in [-0.15, -0.1) is 12.4 Å². The van der Waals surface area contributed by atoms with E-state index in [0.29, 0.717) is 24.8 Å². The molecule has 1 amide bonds. The van der Waals surface area contributed by atoms with Gasteiger partial charge < -0.3 is 11.1 Å². The van der Waals surface area contributed by atoms with Gasteiger partial charge in [-0.25, -0.2) is 0 Å². The van der Waals surface area contributed by atoms with Gasteiger partial charge in [0.1, 0.15) is 0 Å². The first-order chi connectivity index (χ1) is 6.70. The van der Waals surface area contributed by atoms with Crippen LogP contribution in [-0.2, 0) is 4.79 Å². The normalized spacial score (nSPS) is 13.2. The average molecular weight is 251 g/mol. The highest BCUT2D eigenvalue weighted by molar-refractivity contribution is 5.85. The van der Waals surface area contributed by atoms with Gasteiger partial charge in [-0.05, 0) is 32.1 Å². The molecule has 0 aromatic heterocycles. The molecule has 0 heterocycles. The van der Waals surface area contributed by atoms with Crippen molar-refractivity contribution in [3.8, 4) is 0 Å². The maximum atomic E-state index is 11.5. The Kier molecular flexibility index (Phi) is 8.94. The molecule has 3 nitrogen and oxygen atoms in total. The largest absolute Gasteiger partial charge is 0.354 e. The number of hydrogen-bond donors (Lipinski definition) is 2. The van der Waals surface area contributed by atoms with Crippen molar-refractivity contribution in [2.24, 2.45) is 17.6 Å². The van der Waals surface area contributed by atoms with E-state index in [9.17, 15) is 4.79 Å². The third kappa shape index (κ3) is 11.8. The van der Waals surface area contributed by atoms with Crippen LogP contribution in [0.15, 0.2) is 0 Å². The number of nitrogens with one attached hydrogen (secondary N) is 1. The second-order valence-electron chi connectivity index (χ2n) is 5.70. The van der Waals surface area contributed by atoms with Crippen molar-refractivity contribution in [3.63, 3.8) is 0 Å². The number of nitrogens with two attached hydrogens (primary N) is 1. The lowest BCUT2D eigenvalue weighted by Gasteiger charge is -2.20. The van der Waals surface area contributed by atoms with Crippen LogP contribution in [0.1, 0.15) is 47.5 Å². The van der Waals surface area contributed by atoms with E-state index >= 15 is 0 Å². The van der Waals surface area contributed by atoms with Crippen molar-refractivity contribution in [1.29, 1.82) is 0 Å². The van der Waals surface area contributed by atoms with Crippen molar-refractivity contribution in [2.75, 3.05) is 6.54 Å². The summed E-state index contributed by atoms with van der Waals surface area (Å²) < 4.78 is 0. The molecule has 98 valence electrons. The van der Waals surface area contributed by atoms with Crippen LogP contribution in [0.2, 0.25) is 0 Å². The van der Waals surface area contributed by atoms with E-state index in [1.807, 2.05) is 13.8 Å². The maximum absolute atomic E-state index is 11.5. The fourth-order valence-corrected chi connectivity index (χ4v) is 1.60. The summed E-state index contributed by atoms with van der Waals surface area (Å²) in [7, 11) is 0. The van der Waals surface area contributed by atoms with E-state index in [4.69, 9.17) is 5.73 Å². The summed E-state index contributed by atoms with van der Waals surface area (Å²) in [6, 6.07) is 0. The maximum Gasteiger partial charge on any atom is 0.220 e. The van der Waals surface area contributed by atoms with Crippen molar-refractivity contribution < 1.29 is 4.79 Å². The number of carbonyl (C=O) groups is 1. The van der Waals surface area contributed by atoms with Crippen LogP contribution in [0.4, 0.5) is 0 Å². The molecule has 0 fully saturated rings. The first-order valence-corrected chi connectivity index (χ1v) is 5.76. The van der Waals surface area contributed by atoms with Gasteiger partial charge in [0.15, 0.2) is 0 Å². The van der Waals surface area contributed by atoms with Crippen molar-refractivity contribution in [2.45, 2.75) is 53.0 Å². The molecule has 0 bridgehead atoms. The Morgan fingerprint density at radius 3 is 2.19 bits per heavy atom. The van der Waals surface area contributed by atoms with Crippen LogP contribution in [0.25, 0.3) is 0 Å². The highest BCUT2D eigenvalue weighted by Gasteiger charge is 2.14. The molecule has 3 N–H and O–H groups in total. The molecular weight excluding hydrogens is 224 g/mol. The lowest BCUT2D eigenvalue weighted by atomic mass is 9.95. The second-order valence-corrected chi connectivity index (χ2v) is 5.70. The highest BCUT2D eigenvalue weighted by atomic mass is 35.5. The molecule has 0 radical (unpaired) electrons. The minimum atomic E-state index is -0.322. The zero-order valence-electron chi connectivity index (χ0n) is 11.2. The van der Waals surface area contributed by atoms with Crippen LogP contribution in [-0.4, -0.2) is 18.0 Å². The summed E-state index contributed by atoms with van der Waals surface area (Å²) in [4.78, 5) is 11.5. The van der Waals surface area contributed by atoms with Gasteiger partial charge in [0.05, 0.1) is 0 Å². The molecule has 0 aliphatic carbocycles. The van der Waals surface area contributed by atoms with E-state index in [-0.39, 0.29) is 23.9 Å². The fraction of sp³-hybridized carbons (Fsp3) is 0.917. The molecule has 0 rings (SSSR count). The Balaban J connectivity index is 0. The van der Waals surface area contributed by atoms with Crippen LogP contribution >= 0.6 is 12.4 Å². The molecule has 1 unspecified atom stereocenters. The first-order valence-electron chi connectivity index (χ1n) is 5.76. The lowest BCUT2D eigenvalue weighted by molar-refractivity contribution is -0.122. The van der Waals surface area contributed by atoms with E-state index in [2.05, 4.69) is 26.1 Å². The zero-order valence-corrected chi connectivity index (χ0v) is 12.0. The van der Waals surface area contributed by atoms with Crippen LogP contribution in [0, 0.1) is 11.8 Å². The van der Waals surface area contributed by atoms with Gasteiger partial charge in [0.2, 0.25) is 5.91 Å². The molecule has 0 spiro atoms. The fourth-order valence-electron chi connectivity index (χ4n) is 1.60. The molecule has 1 atom stereocenters. The molecule has 0 aliphatic heterocycles. The Labute approximate surface area is 106 Å².